The Morgan fingerprint density at radius 2 is 1.80 bits per heavy atom. The van der Waals surface area contributed by atoms with Gasteiger partial charge in [-0.05, 0) is 42.8 Å². The number of nitrogens with one attached hydrogen (secondary N) is 2. The Balaban J connectivity index is 1.89. The van der Waals surface area contributed by atoms with Crippen LogP contribution in [-0.2, 0) is 0 Å². The first-order chi connectivity index (χ1) is 12.0. The summed E-state index contributed by atoms with van der Waals surface area (Å²) in [6.45, 7) is 1.94. The molecule has 0 aliphatic heterocycles. The van der Waals surface area contributed by atoms with Crippen molar-refractivity contribution < 1.29 is 9.59 Å². The van der Waals surface area contributed by atoms with E-state index in [1.165, 1.54) is 6.07 Å². The zero-order valence-corrected chi connectivity index (χ0v) is 14.5. The number of fused-ring (bicyclic) bond motifs is 1. The van der Waals surface area contributed by atoms with Gasteiger partial charge in [-0.25, -0.2) is 4.98 Å². The summed E-state index contributed by atoms with van der Waals surface area (Å²) in [5.41, 5.74) is 2.88. The maximum atomic E-state index is 12.5. The molecule has 0 fully saturated rings. The first-order valence-corrected chi connectivity index (χ1v) is 8.07. The van der Waals surface area contributed by atoms with Crippen LogP contribution in [0.15, 0.2) is 48.5 Å². The molecule has 1 heterocycles. The summed E-state index contributed by atoms with van der Waals surface area (Å²) in [7, 11) is 1.54. The average Bonchev–Trinajstić information content (AvgIpc) is 2.62. The van der Waals surface area contributed by atoms with Crippen molar-refractivity contribution >= 4 is 40.0 Å². The molecule has 25 heavy (non-hydrogen) atoms. The van der Waals surface area contributed by atoms with E-state index in [1.807, 2.05) is 31.2 Å². The summed E-state index contributed by atoms with van der Waals surface area (Å²) < 4.78 is 0. The predicted octanol–water partition coefficient (Wildman–Crippen LogP) is 3.81. The Morgan fingerprint density at radius 1 is 1.04 bits per heavy atom. The molecule has 0 bridgehead atoms. The van der Waals surface area contributed by atoms with Gasteiger partial charge in [0, 0.05) is 18.0 Å². The Bertz CT molecular complexity index is 986. The summed E-state index contributed by atoms with van der Waals surface area (Å²) >= 11 is 6.17. The molecular weight excluding hydrogens is 338 g/mol. The molecule has 2 aromatic carbocycles. The highest BCUT2D eigenvalue weighted by Gasteiger charge is 2.13. The number of aryl methyl sites for hydroxylation is 1. The second-order valence-corrected chi connectivity index (χ2v) is 5.98. The number of carbonyl (C=O) groups excluding carboxylic acids is 2. The van der Waals surface area contributed by atoms with E-state index in [2.05, 4.69) is 15.6 Å². The lowest BCUT2D eigenvalue weighted by molar-refractivity contribution is 0.0962. The summed E-state index contributed by atoms with van der Waals surface area (Å²) in [6.07, 6.45) is 0. The minimum absolute atomic E-state index is 0.244. The topological polar surface area (TPSA) is 71.1 Å². The zero-order valence-electron chi connectivity index (χ0n) is 13.8. The molecule has 0 spiro atoms. The van der Waals surface area contributed by atoms with Gasteiger partial charge in [-0.3, -0.25) is 9.59 Å². The predicted molar refractivity (Wildman–Crippen MR) is 99.3 cm³/mol. The van der Waals surface area contributed by atoms with Crippen LogP contribution in [0, 0.1) is 6.92 Å². The van der Waals surface area contributed by atoms with Crippen molar-refractivity contribution in [2.24, 2.45) is 0 Å². The normalized spacial score (nSPS) is 10.5. The molecule has 5 nitrogen and oxygen atoms in total. The number of para-hydroxylation sites is 1. The lowest BCUT2D eigenvalue weighted by Crippen LogP contribution is -2.18. The van der Waals surface area contributed by atoms with Gasteiger partial charge in [0.05, 0.1) is 16.2 Å². The number of pyridine rings is 1. The van der Waals surface area contributed by atoms with Crippen LogP contribution in [0.25, 0.3) is 10.9 Å². The number of benzene rings is 2. The highest BCUT2D eigenvalue weighted by atomic mass is 35.5. The van der Waals surface area contributed by atoms with Gasteiger partial charge in [-0.15, -0.1) is 0 Å². The zero-order chi connectivity index (χ0) is 18.0. The molecule has 0 unspecified atom stereocenters. The van der Waals surface area contributed by atoms with Crippen molar-refractivity contribution in [3.05, 3.63) is 70.4 Å². The Labute approximate surface area is 150 Å². The summed E-state index contributed by atoms with van der Waals surface area (Å²) in [4.78, 5) is 28.5. The van der Waals surface area contributed by atoms with E-state index < -0.39 is 0 Å². The van der Waals surface area contributed by atoms with Gasteiger partial charge in [0.2, 0.25) is 0 Å². The largest absolute Gasteiger partial charge is 0.355 e. The molecule has 1 aromatic heterocycles. The molecule has 3 rings (SSSR count). The van der Waals surface area contributed by atoms with Gasteiger partial charge >= 0.3 is 0 Å². The van der Waals surface area contributed by atoms with E-state index in [-0.39, 0.29) is 16.8 Å². The van der Waals surface area contributed by atoms with Crippen LogP contribution in [0.4, 0.5) is 5.69 Å². The van der Waals surface area contributed by atoms with Crippen LogP contribution >= 0.6 is 11.6 Å². The first-order valence-electron chi connectivity index (χ1n) is 7.69. The number of halogens is 1. The number of nitrogens with zero attached hydrogens (tertiary/aromatic N) is 1. The van der Waals surface area contributed by atoms with Gasteiger partial charge in [0.1, 0.15) is 5.69 Å². The summed E-state index contributed by atoms with van der Waals surface area (Å²) in [5.74, 6) is -0.602. The highest BCUT2D eigenvalue weighted by Crippen LogP contribution is 2.24. The molecular formula is C19H16ClN3O2. The smallest absolute Gasteiger partial charge is 0.274 e. The van der Waals surface area contributed by atoms with Crippen LogP contribution in [-0.4, -0.2) is 23.8 Å². The molecule has 0 saturated carbocycles. The van der Waals surface area contributed by atoms with Crippen LogP contribution in [0.2, 0.25) is 5.02 Å². The summed E-state index contributed by atoms with van der Waals surface area (Å²) in [5, 5.41) is 6.55. The number of anilines is 1. The number of carbonyl (C=O) groups is 2. The number of hydrogen-bond donors (Lipinski definition) is 2. The van der Waals surface area contributed by atoms with Crippen molar-refractivity contribution in [1.29, 1.82) is 0 Å². The molecule has 2 N–H and O–H groups in total. The fraction of sp³-hybridized carbons (Fsp3) is 0.105. The van der Waals surface area contributed by atoms with E-state index in [0.29, 0.717) is 16.9 Å². The fourth-order valence-electron chi connectivity index (χ4n) is 2.55. The fourth-order valence-corrected chi connectivity index (χ4v) is 2.78. The molecule has 0 aliphatic carbocycles. The molecule has 0 radical (unpaired) electrons. The number of aromatic nitrogens is 1. The lowest BCUT2D eigenvalue weighted by Gasteiger charge is -2.10. The van der Waals surface area contributed by atoms with Crippen molar-refractivity contribution in [3.8, 4) is 0 Å². The quantitative estimate of drug-likeness (QED) is 0.752. The maximum Gasteiger partial charge on any atom is 0.274 e. The third-order valence-electron chi connectivity index (χ3n) is 3.86. The Morgan fingerprint density at radius 3 is 2.52 bits per heavy atom. The first kappa shape index (κ1) is 16.9. The van der Waals surface area contributed by atoms with Crippen molar-refractivity contribution in [1.82, 2.24) is 10.3 Å². The average molecular weight is 354 g/mol. The van der Waals surface area contributed by atoms with E-state index >= 15 is 0 Å². The van der Waals surface area contributed by atoms with Gasteiger partial charge in [-0.1, -0.05) is 29.8 Å². The van der Waals surface area contributed by atoms with E-state index in [0.717, 1.165) is 16.5 Å². The highest BCUT2D eigenvalue weighted by molar-refractivity contribution is 6.34. The van der Waals surface area contributed by atoms with Crippen molar-refractivity contribution in [2.75, 3.05) is 12.4 Å². The van der Waals surface area contributed by atoms with E-state index in [9.17, 15) is 9.59 Å². The third kappa shape index (κ3) is 3.46. The monoisotopic (exact) mass is 353 g/mol. The van der Waals surface area contributed by atoms with E-state index in [4.69, 9.17) is 11.6 Å². The Hall–Kier alpha value is -2.92. The molecule has 6 heteroatoms. The second kappa shape index (κ2) is 6.91. The third-order valence-corrected chi connectivity index (χ3v) is 4.17. The van der Waals surface area contributed by atoms with Gasteiger partial charge in [0.25, 0.3) is 11.8 Å². The second-order valence-electron chi connectivity index (χ2n) is 5.57. The molecule has 2 amide bonds. The molecule has 0 saturated heterocycles. The van der Waals surface area contributed by atoms with E-state index in [1.54, 1.807) is 25.2 Å². The van der Waals surface area contributed by atoms with Crippen molar-refractivity contribution in [3.63, 3.8) is 0 Å². The number of hydrogen-bond acceptors (Lipinski definition) is 3. The van der Waals surface area contributed by atoms with Gasteiger partial charge in [0.15, 0.2) is 0 Å². The molecule has 3 aromatic rings. The van der Waals surface area contributed by atoms with Gasteiger partial charge in [-0.2, -0.15) is 0 Å². The Kier molecular flexibility index (Phi) is 4.67. The molecule has 0 atom stereocenters. The number of rotatable bonds is 3. The standard InChI is InChI=1S/C19H16ClN3O2/c1-11-9-17(22-15-6-4-3-5-13(11)15)19(25)23-16-8-7-12(10-14(16)20)18(24)21-2/h3-10H,1-2H3,(H,21,24)(H,23,25). The minimum atomic E-state index is -0.358. The van der Waals surface area contributed by atoms with Crippen molar-refractivity contribution in [2.45, 2.75) is 6.92 Å². The van der Waals surface area contributed by atoms with Crippen LogP contribution in [0.1, 0.15) is 26.4 Å². The SMILES string of the molecule is CNC(=O)c1ccc(NC(=O)c2cc(C)c3ccccc3n2)c(Cl)c1. The molecule has 126 valence electrons. The van der Waals surface area contributed by atoms with Crippen LogP contribution in [0.3, 0.4) is 0 Å². The summed E-state index contributed by atoms with van der Waals surface area (Å²) in [6, 6.07) is 14.1. The van der Waals surface area contributed by atoms with Crippen LogP contribution in [0.5, 0.6) is 0 Å². The minimum Gasteiger partial charge on any atom is -0.355 e. The number of amides is 2. The van der Waals surface area contributed by atoms with Gasteiger partial charge < -0.3 is 10.6 Å². The molecule has 0 aliphatic rings. The maximum absolute atomic E-state index is 12.5. The van der Waals surface area contributed by atoms with Crippen LogP contribution < -0.4 is 10.6 Å². The lowest BCUT2D eigenvalue weighted by atomic mass is 10.1.